The molecule has 0 unspecified atom stereocenters. The Morgan fingerprint density at radius 2 is 2.00 bits per heavy atom. The molecule has 1 amide bonds. The molecular formula is C20H30N2O4. The second-order valence-electron chi connectivity index (χ2n) is 6.73. The van der Waals surface area contributed by atoms with E-state index in [9.17, 15) is 4.79 Å². The Morgan fingerprint density at radius 3 is 2.58 bits per heavy atom. The largest absolute Gasteiger partial charge is 0.493 e. The van der Waals surface area contributed by atoms with Crippen LogP contribution in [0.15, 0.2) is 24.8 Å². The van der Waals surface area contributed by atoms with Crippen molar-refractivity contribution in [3.63, 3.8) is 0 Å². The van der Waals surface area contributed by atoms with Gasteiger partial charge in [-0.05, 0) is 44.5 Å². The Labute approximate surface area is 155 Å². The Kier molecular flexibility index (Phi) is 7.48. The van der Waals surface area contributed by atoms with Crippen LogP contribution in [0.5, 0.6) is 11.5 Å². The van der Waals surface area contributed by atoms with E-state index in [1.54, 1.807) is 33.5 Å². The van der Waals surface area contributed by atoms with E-state index in [0.29, 0.717) is 36.6 Å². The number of hydrogen-bond donors (Lipinski definition) is 2. The summed E-state index contributed by atoms with van der Waals surface area (Å²) in [7, 11) is 4.87. The molecule has 1 aromatic rings. The number of methoxy groups -OCH3 is 3. The monoisotopic (exact) mass is 362 g/mol. The highest BCUT2D eigenvalue weighted by molar-refractivity contribution is 5.95. The molecule has 2 rings (SSSR count). The Morgan fingerprint density at radius 1 is 1.27 bits per heavy atom. The van der Waals surface area contributed by atoms with Gasteiger partial charge in [0.15, 0.2) is 11.5 Å². The molecule has 0 aliphatic carbocycles. The second-order valence-corrected chi connectivity index (χ2v) is 6.73. The normalized spacial score (nSPS) is 16.0. The van der Waals surface area contributed by atoms with Crippen LogP contribution in [0.1, 0.15) is 28.8 Å². The zero-order valence-electron chi connectivity index (χ0n) is 16.0. The quantitative estimate of drug-likeness (QED) is 0.659. The van der Waals surface area contributed by atoms with Crippen LogP contribution in [-0.4, -0.2) is 53.5 Å². The first-order chi connectivity index (χ1) is 12.6. The maximum Gasteiger partial charge on any atom is 0.251 e. The molecule has 0 atom stereocenters. The Balaban J connectivity index is 2.17. The number of amides is 1. The molecule has 0 aromatic heterocycles. The van der Waals surface area contributed by atoms with Crippen molar-refractivity contribution in [2.75, 3.05) is 47.6 Å². The van der Waals surface area contributed by atoms with Gasteiger partial charge in [-0.2, -0.15) is 0 Å². The first kappa shape index (κ1) is 20.3. The lowest BCUT2D eigenvalue weighted by molar-refractivity contribution is 0.0511. The fraction of sp³-hybridized carbons (Fsp3) is 0.550. The topological polar surface area (TPSA) is 68.8 Å². The molecule has 1 aliphatic rings. The summed E-state index contributed by atoms with van der Waals surface area (Å²) in [4.78, 5) is 12.8. The van der Waals surface area contributed by atoms with Gasteiger partial charge in [0.1, 0.15) is 0 Å². The van der Waals surface area contributed by atoms with Crippen LogP contribution in [0.2, 0.25) is 0 Å². The third kappa shape index (κ3) is 4.77. The lowest BCUT2D eigenvalue weighted by atomic mass is 9.79. The van der Waals surface area contributed by atoms with Crippen LogP contribution in [-0.2, 0) is 11.2 Å². The molecule has 1 aromatic carbocycles. The van der Waals surface area contributed by atoms with Crippen molar-refractivity contribution < 1.29 is 19.0 Å². The highest BCUT2D eigenvalue weighted by atomic mass is 16.5. The molecule has 144 valence electrons. The molecule has 1 heterocycles. The second kappa shape index (κ2) is 9.59. The van der Waals surface area contributed by atoms with Gasteiger partial charge in [-0.3, -0.25) is 4.79 Å². The molecular weight excluding hydrogens is 332 g/mol. The molecule has 2 N–H and O–H groups in total. The van der Waals surface area contributed by atoms with E-state index in [2.05, 4.69) is 17.2 Å². The van der Waals surface area contributed by atoms with Gasteiger partial charge in [-0.1, -0.05) is 6.08 Å². The van der Waals surface area contributed by atoms with Gasteiger partial charge < -0.3 is 24.8 Å². The van der Waals surface area contributed by atoms with Crippen LogP contribution < -0.4 is 20.1 Å². The van der Waals surface area contributed by atoms with Crippen LogP contribution >= 0.6 is 0 Å². The summed E-state index contributed by atoms with van der Waals surface area (Å²) in [5.74, 6) is 1.06. The van der Waals surface area contributed by atoms with Gasteiger partial charge in [0.2, 0.25) is 0 Å². The summed E-state index contributed by atoms with van der Waals surface area (Å²) in [5, 5.41) is 6.44. The smallest absolute Gasteiger partial charge is 0.251 e. The number of piperidine rings is 1. The lowest BCUT2D eigenvalue weighted by Gasteiger charge is -2.37. The summed E-state index contributed by atoms with van der Waals surface area (Å²) < 4.78 is 16.2. The Bertz CT molecular complexity index is 619. The van der Waals surface area contributed by atoms with Gasteiger partial charge in [0.25, 0.3) is 5.91 Å². The first-order valence-corrected chi connectivity index (χ1v) is 8.93. The van der Waals surface area contributed by atoms with Gasteiger partial charge in [0, 0.05) is 30.2 Å². The number of rotatable bonds is 9. The van der Waals surface area contributed by atoms with Crippen LogP contribution in [0, 0.1) is 5.41 Å². The molecule has 1 fully saturated rings. The average molecular weight is 362 g/mol. The molecule has 0 radical (unpaired) electrons. The fourth-order valence-corrected chi connectivity index (χ4v) is 3.49. The van der Waals surface area contributed by atoms with E-state index < -0.39 is 0 Å². The fourth-order valence-electron chi connectivity index (χ4n) is 3.49. The van der Waals surface area contributed by atoms with Crippen LogP contribution in [0.25, 0.3) is 0 Å². The molecule has 1 saturated heterocycles. The zero-order valence-corrected chi connectivity index (χ0v) is 16.0. The molecule has 0 saturated carbocycles. The number of ether oxygens (including phenoxy) is 3. The van der Waals surface area contributed by atoms with Crippen molar-refractivity contribution in [3.05, 3.63) is 35.9 Å². The summed E-state index contributed by atoms with van der Waals surface area (Å²) in [6, 6.07) is 3.55. The number of benzene rings is 1. The average Bonchev–Trinajstić information content (AvgIpc) is 2.66. The van der Waals surface area contributed by atoms with Crippen molar-refractivity contribution in [2.45, 2.75) is 19.3 Å². The van der Waals surface area contributed by atoms with Gasteiger partial charge in [-0.15, -0.1) is 6.58 Å². The van der Waals surface area contributed by atoms with Crippen molar-refractivity contribution >= 4 is 5.91 Å². The first-order valence-electron chi connectivity index (χ1n) is 8.93. The number of carbonyl (C=O) groups is 1. The van der Waals surface area contributed by atoms with E-state index in [-0.39, 0.29) is 11.3 Å². The highest BCUT2D eigenvalue weighted by Crippen LogP contribution is 2.33. The van der Waals surface area contributed by atoms with Crippen LogP contribution in [0.4, 0.5) is 0 Å². The molecule has 6 nitrogen and oxygen atoms in total. The predicted octanol–water partition coefficient (Wildman–Crippen LogP) is 2.18. The van der Waals surface area contributed by atoms with Crippen molar-refractivity contribution in [1.29, 1.82) is 0 Å². The maximum absolute atomic E-state index is 12.8. The summed E-state index contributed by atoms with van der Waals surface area (Å²) in [6.45, 7) is 6.89. The van der Waals surface area contributed by atoms with E-state index in [1.807, 2.05) is 6.07 Å². The number of hydrogen-bond acceptors (Lipinski definition) is 5. The molecule has 0 spiro atoms. The SMILES string of the molecule is C=CCc1cc(C(=O)NCC2(COC)CCNCC2)cc(OC)c1OC. The van der Waals surface area contributed by atoms with E-state index in [0.717, 1.165) is 31.5 Å². The number of nitrogens with one attached hydrogen (secondary N) is 2. The van der Waals surface area contributed by atoms with Crippen molar-refractivity contribution in [2.24, 2.45) is 5.41 Å². The van der Waals surface area contributed by atoms with Gasteiger partial charge in [0.05, 0.1) is 20.8 Å². The third-order valence-electron chi connectivity index (χ3n) is 4.92. The van der Waals surface area contributed by atoms with E-state index in [4.69, 9.17) is 14.2 Å². The van der Waals surface area contributed by atoms with Gasteiger partial charge >= 0.3 is 0 Å². The minimum absolute atomic E-state index is 0.0177. The van der Waals surface area contributed by atoms with E-state index >= 15 is 0 Å². The summed E-state index contributed by atoms with van der Waals surface area (Å²) in [6.07, 6.45) is 4.34. The standard InChI is InChI=1S/C20H30N2O4/c1-5-6-15-11-16(12-17(25-3)18(15)26-4)19(23)22-13-20(14-24-2)7-9-21-10-8-20/h5,11-12,21H,1,6-10,13-14H2,2-4H3,(H,22,23). The molecule has 6 heteroatoms. The lowest BCUT2D eigenvalue weighted by Crippen LogP contribution is -2.47. The summed E-state index contributed by atoms with van der Waals surface area (Å²) in [5.41, 5.74) is 1.41. The van der Waals surface area contributed by atoms with Crippen molar-refractivity contribution in [3.8, 4) is 11.5 Å². The predicted molar refractivity (Wildman–Crippen MR) is 102 cm³/mol. The van der Waals surface area contributed by atoms with Crippen molar-refractivity contribution in [1.82, 2.24) is 10.6 Å². The minimum atomic E-state index is -0.120. The third-order valence-corrected chi connectivity index (χ3v) is 4.92. The number of carbonyl (C=O) groups excluding carboxylic acids is 1. The Hall–Kier alpha value is -2.05. The van der Waals surface area contributed by atoms with Crippen LogP contribution in [0.3, 0.4) is 0 Å². The molecule has 1 aliphatic heterocycles. The molecule has 0 bridgehead atoms. The summed E-state index contributed by atoms with van der Waals surface area (Å²) >= 11 is 0. The highest BCUT2D eigenvalue weighted by Gasteiger charge is 2.32. The van der Waals surface area contributed by atoms with E-state index in [1.165, 1.54) is 0 Å². The number of allylic oxidation sites excluding steroid dienone is 1. The zero-order chi connectivity index (χ0) is 19.0. The minimum Gasteiger partial charge on any atom is -0.493 e. The maximum atomic E-state index is 12.8. The molecule has 26 heavy (non-hydrogen) atoms. The van der Waals surface area contributed by atoms with Gasteiger partial charge in [-0.25, -0.2) is 0 Å².